The zero-order valence-electron chi connectivity index (χ0n) is 12.1. The molecule has 1 N–H and O–H groups in total. The molecule has 118 valence electrons. The highest BCUT2D eigenvalue weighted by Crippen LogP contribution is 2.17. The van der Waals surface area contributed by atoms with Gasteiger partial charge in [0.15, 0.2) is 9.84 Å². The molecule has 0 aromatic heterocycles. The molecule has 7 heteroatoms. The van der Waals surface area contributed by atoms with Crippen LogP contribution >= 0.6 is 0 Å². The monoisotopic (exact) mass is 315 g/mol. The lowest BCUT2D eigenvalue weighted by molar-refractivity contribution is 0.0710. The summed E-state index contributed by atoms with van der Waals surface area (Å²) in [4.78, 5) is 1.95. The minimum atomic E-state index is -2.88. The lowest BCUT2D eigenvalue weighted by Crippen LogP contribution is -2.44. The van der Waals surface area contributed by atoms with E-state index in [1.165, 1.54) is 0 Å². The van der Waals surface area contributed by atoms with Crippen LogP contribution in [0.25, 0.3) is 0 Å². The molecule has 1 atom stereocenters. The fourth-order valence-corrected chi connectivity index (χ4v) is 3.42. The number of benzene rings is 1. The van der Waals surface area contributed by atoms with Crippen molar-refractivity contribution in [2.75, 3.05) is 44.9 Å². The SMILES string of the molecule is COc1ccc(OC[C@@H](O)CN2CCS(=O)(=O)CC2)cc1. The summed E-state index contributed by atoms with van der Waals surface area (Å²) in [5.41, 5.74) is 0. The third-order valence-electron chi connectivity index (χ3n) is 3.41. The zero-order chi connectivity index (χ0) is 15.3. The molecule has 21 heavy (non-hydrogen) atoms. The van der Waals surface area contributed by atoms with Gasteiger partial charge < -0.3 is 14.6 Å². The standard InChI is InChI=1S/C14H21NO5S/c1-19-13-2-4-14(5-3-13)20-11-12(16)10-15-6-8-21(17,18)9-7-15/h2-5,12,16H,6-11H2,1H3/t12-/m0/s1. The molecule has 0 radical (unpaired) electrons. The summed E-state index contributed by atoms with van der Waals surface area (Å²) >= 11 is 0. The van der Waals surface area contributed by atoms with E-state index in [2.05, 4.69) is 0 Å². The Bertz CT molecular complexity index is 529. The first kappa shape index (κ1) is 16.1. The summed E-state index contributed by atoms with van der Waals surface area (Å²) in [5.74, 6) is 1.74. The Morgan fingerprint density at radius 1 is 1.19 bits per heavy atom. The Balaban J connectivity index is 1.73. The Morgan fingerprint density at radius 2 is 1.76 bits per heavy atom. The maximum absolute atomic E-state index is 11.3. The fraction of sp³-hybridized carbons (Fsp3) is 0.571. The topological polar surface area (TPSA) is 76.1 Å². The third kappa shape index (κ3) is 5.18. The second-order valence-electron chi connectivity index (χ2n) is 5.09. The van der Waals surface area contributed by atoms with Crippen molar-refractivity contribution in [3.8, 4) is 11.5 Å². The highest BCUT2D eigenvalue weighted by Gasteiger charge is 2.23. The number of sulfone groups is 1. The van der Waals surface area contributed by atoms with E-state index in [9.17, 15) is 13.5 Å². The van der Waals surface area contributed by atoms with Crippen LogP contribution in [0.15, 0.2) is 24.3 Å². The Kier molecular flexibility index (Phi) is 5.44. The van der Waals surface area contributed by atoms with Crippen LogP contribution < -0.4 is 9.47 Å². The fourth-order valence-electron chi connectivity index (χ4n) is 2.15. The van der Waals surface area contributed by atoms with Gasteiger partial charge in [0, 0.05) is 19.6 Å². The van der Waals surface area contributed by atoms with Crippen LogP contribution in [0.5, 0.6) is 11.5 Å². The normalized spacial score (nSPS) is 19.9. The van der Waals surface area contributed by atoms with E-state index >= 15 is 0 Å². The van der Waals surface area contributed by atoms with Crippen molar-refractivity contribution in [2.24, 2.45) is 0 Å². The molecule has 0 saturated carbocycles. The van der Waals surface area contributed by atoms with Crippen LogP contribution in [0.3, 0.4) is 0 Å². The van der Waals surface area contributed by atoms with Gasteiger partial charge in [-0.1, -0.05) is 0 Å². The van der Waals surface area contributed by atoms with Crippen molar-refractivity contribution in [1.29, 1.82) is 0 Å². The molecule has 1 saturated heterocycles. The van der Waals surface area contributed by atoms with Crippen molar-refractivity contribution in [3.05, 3.63) is 24.3 Å². The van der Waals surface area contributed by atoms with Gasteiger partial charge in [0.1, 0.15) is 24.2 Å². The first-order valence-electron chi connectivity index (χ1n) is 6.86. The number of methoxy groups -OCH3 is 1. The highest BCUT2D eigenvalue weighted by molar-refractivity contribution is 7.91. The Labute approximate surface area is 125 Å². The number of β-amino-alcohol motifs (C(OH)–C–C–N with tert-alkyl or cyclic N) is 1. The highest BCUT2D eigenvalue weighted by atomic mass is 32.2. The van der Waals surface area contributed by atoms with Gasteiger partial charge in [-0.05, 0) is 24.3 Å². The summed E-state index contributed by atoms with van der Waals surface area (Å²) in [5, 5.41) is 9.95. The number of rotatable bonds is 6. The van der Waals surface area contributed by atoms with Crippen LogP contribution in [0, 0.1) is 0 Å². The van der Waals surface area contributed by atoms with Gasteiger partial charge in [0.2, 0.25) is 0 Å². The molecule has 2 rings (SSSR count). The van der Waals surface area contributed by atoms with E-state index in [1.807, 2.05) is 4.90 Å². The largest absolute Gasteiger partial charge is 0.497 e. The molecule has 0 unspecified atom stereocenters. The van der Waals surface area contributed by atoms with Gasteiger partial charge >= 0.3 is 0 Å². The molecule has 1 heterocycles. The van der Waals surface area contributed by atoms with E-state index in [4.69, 9.17) is 9.47 Å². The molecule has 1 fully saturated rings. The number of aliphatic hydroxyl groups excluding tert-OH is 1. The van der Waals surface area contributed by atoms with E-state index in [0.717, 1.165) is 5.75 Å². The Hall–Kier alpha value is -1.31. The smallest absolute Gasteiger partial charge is 0.152 e. The molecule has 0 bridgehead atoms. The number of hydrogen-bond donors (Lipinski definition) is 1. The second-order valence-corrected chi connectivity index (χ2v) is 7.40. The van der Waals surface area contributed by atoms with Crippen molar-refractivity contribution in [2.45, 2.75) is 6.10 Å². The average molecular weight is 315 g/mol. The predicted octanol–water partition coefficient (Wildman–Crippen LogP) is 0.165. The second kappa shape index (κ2) is 7.11. The first-order chi connectivity index (χ1) is 9.98. The van der Waals surface area contributed by atoms with Crippen molar-refractivity contribution >= 4 is 9.84 Å². The molecule has 0 amide bonds. The van der Waals surface area contributed by atoms with E-state index < -0.39 is 15.9 Å². The van der Waals surface area contributed by atoms with Crippen LogP contribution in [0.4, 0.5) is 0 Å². The Morgan fingerprint density at radius 3 is 2.33 bits per heavy atom. The van der Waals surface area contributed by atoms with Gasteiger partial charge in [0.05, 0.1) is 18.6 Å². The van der Waals surface area contributed by atoms with E-state index in [0.29, 0.717) is 25.4 Å². The van der Waals surface area contributed by atoms with Gasteiger partial charge in [-0.25, -0.2) is 8.42 Å². The first-order valence-corrected chi connectivity index (χ1v) is 8.68. The maximum Gasteiger partial charge on any atom is 0.152 e. The van der Waals surface area contributed by atoms with Gasteiger partial charge in [-0.15, -0.1) is 0 Å². The molecule has 1 aromatic rings. The summed E-state index contributed by atoms with van der Waals surface area (Å²) in [6.07, 6.45) is -0.645. The molecule has 1 aliphatic heterocycles. The third-order valence-corrected chi connectivity index (χ3v) is 5.02. The van der Waals surface area contributed by atoms with Gasteiger partial charge in [-0.3, -0.25) is 4.90 Å². The number of hydrogen-bond acceptors (Lipinski definition) is 6. The molecular formula is C14H21NO5S. The molecule has 0 spiro atoms. The van der Waals surface area contributed by atoms with Crippen molar-refractivity contribution in [1.82, 2.24) is 4.90 Å². The van der Waals surface area contributed by atoms with Crippen molar-refractivity contribution < 1.29 is 23.0 Å². The van der Waals surface area contributed by atoms with Crippen LogP contribution in [0.1, 0.15) is 0 Å². The predicted molar refractivity (Wildman–Crippen MR) is 79.6 cm³/mol. The molecule has 6 nitrogen and oxygen atoms in total. The number of nitrogens with zero attached hydrogens (tertiary/aromatic N) is 1. The molecule has 0 aliphatic carbocycles. The average Bonchev–Trinajstić information content (AvgIpc) is 2.48. The van der Waals surface area contributed by atoms with E-state index in [-0.39, 0.29) is 18.1 Å². The summed E-state index contributed by atoms with van der Waals surface area (Å²) in [7, 11) is -1.28. The molecule has 1 aliphatic rings. The maximum atomic E-state index is 11.3. The minimum Gasteiger partial charge on any atom is -0.497 e. The number of ether oxygens (including phenoxy) is 2. The summed E-state index contributed by atoms with van der Waals surface area (Å²) in [6.45, 7) is 1.55. The summed E-state index contributed by atoms with van der Waals surface area (Å²) < 4.78 is 33.2. The van der Waals surface area contributed by atoms with Gasteiger partial charge in [-0.2, -0.15) is 0 Å². The van der Waals surface area contributed by atoms with Gasteiger partial charge in [0.25, 0.3) is 0 Å². The molecular weight excluding hydrogens is 294 g/mol. The van der Waals surface area contributed by atoms with Crippen molar-refractivity contribution in [3.63, 3.8) is 0 Å². The summed E-state index contributed by atoms with van der Waals surface area (Å²) in [6, 6.07) is 7.13. The zero-order valence-corrected chi connectivity index (χ0v) is 12.9. The molecule has 1 aromatic carbocycles. The van der Waals surface area contributed by atoms with Crippen LogP contribution in [0.2, 0.25) is 0 Å². The number of aliphatic hydroxyl groups is 1. The minimum absolute atomic E-state index is 0.166. The lowest BCUT2D eigenvalue weighted by atomic mass is 10.3. The van der Waals surface area contributed by atoms with Crippen LogP contribution in [-0.2, 0) is 9.84 Å². The van der Waals surface area contributed by atoms with E-state index in [1.54, 1.807) is 31.4 Å². The lowest BCUT2D eigenvalue weighted by Gasteiger charge is -2.28. The quantitative estimate of drug-likeness (QED) is 0.806. The van der Waals surface area contributed by atoms with Crippen LogP contribution in [-0.4, -0.2) is 69.4 Å².